The topological polar surface area (TPSA) is 74.3 Å². The molecule has 2 aromatic carbocycles. The Labute approximate surface area is 191 Å². The number of hydrogen-bond acceptors (Lipinski definition) is 4. The molecular formula is C25H25F2N5O. The van der Waals surface area contributed by atoms with Gasteiger partial charge in [-0.1, -0.05) is 26.0 Å². The fraction of sp³-hybridized carbons (Fsp3) is 0.280. The Kier molecular flexibility index (Phi) is 7.67. The van der Waals surface area contributed by atoms with Crippen LogP contribution in [0.15, 0.2) is 60.0 Å². The molecule has 1 aliphatic rings. The first kappa shape index (κ1) is 23.8. The van der Waals surface area contributed by atoms with Crippen molar-refractivity contribution in [3.05, 3.63) is 77.6 Å². The minimum Gasteiger partial charge on any atom is -0.326 e. The van der Waals surface area contributed by atoms with Gasteiger partial charge < -0.3 is 4.57 Å². The molecule has 1 aliphatic heterocycles. The van der Waals surface area contributed by atoms with E-state index in [1.807, 2.05) is 18.4 Å². The Bertz CT molecular complexity index is 1220. The maximum absolute atomic E-state index is 13.6. The fourth-order valence-electron chi connectivity index (χ4n) is 3.67. The summed E-state index contributed by atoms with van der Waals surface area (Å²) in [6.45, 7) is 8.51. The third kappa shape index (κ3) is 5.50. The summed E-state index contributed by atoms with van der Waals surface area (Å²) in [6.07, 6.45) is 4.24. The van der Waals surface area contributed by atoms with Crippen molar-refractivity contribution in [2.75, 3.05) is 0 Å². The first-order valence-corrected chi connectivity index (χ1v) is 10.8. The molecule has 1 aromatic heterocycles. The third-order valence-corrected chi connectivity index (χ3v) is 5.19. The van der Waals surface area contributed by atoms with Crippen LogP contribution in [0, 0.1) is 23.0 Å². The summed E-state index contributed by atoms with van der Waals surface area (Å²) in [5.41, 5.74) is 3.33. The van der Waals surface area contributed by atoms with Gasteiger partial charge in [0.15, 0.2) is 0 Å². The van der Waals surface area contributed by atoms with E-state index in [-0.39, 0.29) is 12.3 Å². The lowest BCUT2D eigenvalue weighted by Crippen LogP contribution is -2.27. The molecule has 0 saturated carbocycles. The Morgan fingerprint density at radius 2 is 1.91 bits per heavy atom. The number of amides is 1. The number of benzene rings is 2. The first-order valence-electron chi connectivity index (χ1n) is 10.8. The van der Waals surface area contributed by atoms with E-state index < -0.39 is 17.7 Å². The summed E-state index contributed by atoms with van der Waals surface area (Å²) >= 11 is 0. The Balaban J connectivity index is 0.00000149. The predicted molar refractivity (Wildman–Crippen MR) is 123 cm³/mol. The molecule has 0 N–H and O–H groups in total. The lowest BCUT2D eigenvalue weighted by molar-refractivity contribution is -0.133. The zero-order valence-corrected chi connectivity index (χ0v) is 18.6. The summed E-state index contributed by atoms with van der Waals surface area (Å²) in [5, 5.41) is 14.5. The molecule has 33 heavy (non-hydrogen) atoms. The average Bonchev–Trinajstić information content (AvgIpc) is 3.45. The van der Waals surface area contributed by atoms with E-state index in [9.17, 15) is 13.6 Å². The Hall–Kier alpha value is -3.86. The number of hydrogen-bond donors (Lipinski definition) is 0. The molecule has 0 aliphatic carbocycles. The molecule has 3 aromatic rings. The lowest BCUT2D eigenvalue weighted by Gasteiger charge is -2.22. The van der Waals surface area contributed by atoms with Crippen molar-refractivity contribution in [1.82, 2.24) is 14.6 Å². The number of fused-ring (bicyclic) bond motifs is 1. The van der Waals surface area contributed by atoms with Gasteiger partial charge in [0.05, 0.1) is 35.0 Å². The number of nitriles is 1. The van der Waals surface area contributed by atoms with Gasteiger partial charge in [-0.05, 0) is 42.3 Å². The second-order valence-corrected chi connectivity index (χ2v) is 7.43. The summed E-state index contributed by atoms with van der Waals surface area (Å²) in [4.78, 5) is 17.1. The van der Waals surface area contributed by atoms with Crippen molar-refractivity contribution in [3.63, 3.8) is 0 Å². The maximum atomic E-state index is 13.6. The van der Waals surface area contributed by atoms with E-state index >= 15 is 0 Å². The number of hydrazone groups is 1. The van der Waals surface area contributed by atoms with Gasteiger partial charge in [-0.15, -0.1) is 0 Å². The molecule has 8 heteroatoms. The monoisotopic (exact) mass is 449 g/mol. The van der Waals surface area contributed by atoms with Crippen LogP contribution in [0.1, 0.15) is 50.3 Å². The van der Waals surface area contributed by atoms with Crippen LogP contribution in [0.3, 0.4) is 0 Å². The second kappa shape index (κ2) is 10.6. The minimum absolute atomic E-state index is 0.167. The number of halogens is 2. The van der Waals surface area contributed by atoms with Crippen LogP contribution in [-0.4, -0.2) is 26.7 Å². The van der Waals surface area contributed by atoms with Gasteiger partial charge in [0.2, 0.25) is 5.91 Å². The zero-order valence-electron chi connectivity index (χ0n) is 18.6. The average molecular weight is 450 g/mol. The number of carbonyl (C=O) groups excluding carboxylic acids is 1. The van der Waals surface area contributed by atoms with Crippen molar-refractivity contribution in [2.24, 2.45) is 5.10 Å². The molecule has 2 heterocycles. The number of allylic oxidation sites excluding steroid dienone is 1. The summed E-state index contributed by atoms with van der Waals surface area (Å²) in [6, 6.07) is 10.1. The van der Waals surface area contributed by atoms with E-state index in [4.69, 9.17) is 5.26 Å². The Morgan fingerprint density at radius 3 is 2.61 bits per heavy atom. The highest BCUT2D eigenvalue weighted by atomic mass is 19.1. The molecule has 6 nitrogen and oxygen atoms in total. The van der Waals surface area contributed by atoms with Gasteiger partial charge in [-0.3, -0.25) is 4.79 Å². The SMILES string of the molecule is C=C(CCC(=O)N1N=CCC1c1cc(F)cc(F)c1)Cn1cnc2ccc(C#N)cc21.CC. The van der Waals surface area contributed by atoms with E-state index in [1.54, 1.807) is 30.7 Å². The van der Waals surface area contributed by atoms with Crippen molar-refractivity contribution in [2.45, 2.75) is 45.7 Å². The normalized spacial score (nSPS) is 14.6. The second-order valence-electron chi connectivity index (χ2n) is 7.43. The molecular weight excluding hydrogens is 424 g/mol. The lowest BCUT2D eigenvalue weighted by atomic mass is 10.0. The van der Waals surface area contributed by atoms with E-state index in [1.165, 1.54) is 17.1 Å². The number of nitrogens with zero attached hydrogens (tertiary/aromatic N) is 5. The van der Waals surface area contributed by atoms with Crippen LogP contribution in [0.25, 0.3) is 11.0 Å². The molecule has 0 saturated heterocycles. The smallest absolute Gasteiger partial charge is 0.243 e. The highest BCUT2D eigenvalue weighted by Crippen LogP contribution is 2.30. The van der Waals surface area contributed by atoms with Crippen molar-refractivity contribution >= 4 is 23.2 Å². The van der Waals surface area contributed by atoms with Gasteiger partial charge in [0, 0.05) is 31.7 Å². The zero-order chi connectivity index (χ0) is 24.0. The van der Waals surface area contributed by atoms with Gasteiger partial charge in [0.1, 0.15) is 11.6 Å². The Morgan fingerprint density at radius 1 is 1.18 bits per heavy atom. The number of rotatable bonds is 6. The van der Waals surface area contributed by atoms with Crippen molar-refractivity contribution in [3.8, 4) is 6.07 Å². The first-order chi connectivity index (χ1) is 15.9. The van der Waals surface area contributed by atoms with Crippen LogP contribution >= 0.6 is 0 Å². The molecule has 4 rings (SSSR count). The van der Waals surface area contributed by atoms with Gasteiger partial charge in [-0.25, -0.2) is 18.8 Å². The van der Waals surface area contributed by atoms with Gasteiger partial charge in [-0.2, -0.15) is 10.4 Å². The van der Waals surface area contributed by atoms with Gasteiger partial charge >= 0.3 is 0 Å². The van der Waals surface area contributed by atoms with E-state index in [0.717, 1.165) is 22.7 Å². The molecule has 0 bridgehead atoms. The summed E-state index contributed by atoms with van der Waals surface area (Å²) < 4.78 is 29.0. The molecule has 0 spiro atoms. The predicted octanol–water partition coefficient (Wildman–Crippen LogP) is 5.51. The number of carbonyl (C=O) groups is 1. The summed E-state index contributed by atoms with van der Waals surface area (Å²) in [7, 11) is 0. The number of aromatic nitrogens is 2. The van der Waals surface area contributed by atoms with E-state index in [2.05, 4.69) is 22.7 Å². The van der Waals surface area contributed by atoms with Crippen molar-refractivity contribution in [1.29, 1.82) is 5.26 Å². The largest absolute Gasteiger partial charge is 0.326 e. The van der Waals surface area contributed by atoms with Crippen LogP contribution in [-0.2, 0) is 11.3 Å². The van der Waals surface area contributed by atoms with Gasteiger partial charge in [0.25, 0.3) is 0 Å². The molecule has 1 amide bonds. The molecule has 0 fully saturated rings. The molecule has 170 valence electrons. The highest BCUT2D eigenvalue weighted by Gasteiger charge is 2.28. The highest BCUT2D eigenvalue weighted by molar-refractivity contribution is 5.80. The number of imidazole rings is 1. The van der Waals surface area contributed by atoms with Crippen LogP contribution in [0.2, 0.25) is 0 Å². The van der Waals surface area contributed by atoms with E-state index in [0.29, 0.717) is 30.5 Å². The fourth-order valence-corrected chi connectivity index (χ4v) is 3.67. The molecule has 0 radical (unpaired) electrons. The quantitative estimate of drug-likeness (QED) is 0.466. The van der Waals surface area contributed by atoms with Crippen LogP contribution in [0.5, 0.6) is 0 Å². The van der Waals surface area contributed by atoms with Crippen LogP contribution < -0.4 is 0 Å². The van der Waals surface area contributed by atoms with Crippen molar-refractivity contribution < 1.29 is 13.6 Å². The third-order valence-electron chi connectivity index (χ3n) is 5.19. The summed E-state index contributed by atoms with van der Waals surface area (Å²) in [5.74, 6) is -1.61. The standard InChI is InChI=1S/C23H19F2N5O.C2H6/c1-15(13-29-14-27-20-4-3-16(12-26)8-22(20)29)2-5-23(31)30-21(6-7-28-30)17-9-18(24)11-19(25)10-17;1-2/h3-4,7-11,14,21H,1-2,5-6,13H2;1-2H3. The minimum atomic E-state index is -0.685. The molecule has 1 atom stereocenters. The molecule has 1 unspecified atom stereocenters. The van der Waals surface area contributed by atoms with Crippen LogP contribution in [0.4, 0.5) is 8.78 Å². The maximum Gasteiger partial charge on any atom is 0.243 e.